The Bertz CT molecular complexity index is 707. The first kappa shape index (κ1) is 16.4. The molecule has 0 atom stereocenters. The maximum Gasteiger partial charge on any atom is 0.271 e. The Balaban J connectivity index is 2.58. The van der Waals surface area contributed by atoms with Crippen LogP contribution in [0.25, 0.3) is 5.69 Å². The van der Waals surface area contributed by atoms with Crippen LogP contribution in [0.4, 0.5) is 8.78 Å². The van der Waals surface area contributed by atoms with Crippen molar-refractivity contribution in [2.45, 2.75) is 26.2 Å². The fraction of sp³-hybridized carbons (Fsp3) is 0.333. The second-order valence-electron chi connectivity index (χ2n) is 4.93. The minimum Gasteiger partial charge on any atom is -0.354 e. The molecule has 0 saturated heterocycles. The van der Waals surface area contributed by atoms with E-state index < -0.39 is 5.92 Å². The Morgan fingerprint density at radius 1 is 1.41 bits per heavy atom. The van der Waals surface area contributed by atoms with Crippen molar-refractivity contribution in [2.75, 3.05) is 7.05 Å². The SMILES string of the molecule is CCc1nc(C(=O)NC)cn1-c1cc(Cl)cc(C(C)(F)F)c1. The molecule has 0 spiro atoms. The molecule has 0 aliphatic heterocycles. The molecule has 0 aliphatic rings. The highest BCUT2D eigenvalue weighted by molar-refractivity contribution is 6.30. The number of hydrogen-bond donors (Lipinski definition) is 1. The van der Waals surface area contributed by atoms with E-state index in [1.807, 2.05) is 6.92 Å². The lowest BCUT2D eigenvalue weighted by atomic mass is 10.1. The van der Waals surface area contributed by atoms with Crippen LogP contribution >= 0.6 is 11.6 Å². The number of rotatable bonds is 4. The van der Waals surface area contributed by atoms with Gasteiger partial charge in [-0.05, 0) is 18.2 Å². The zero-order chi connectivity index (χ0) is 16.5. The van der Waals surface area contributed by atoms with E-state index in [0.717, 1.165) is 6.92 Å². The van der Waals surface area contributed by atoms with E-state index in [4.69, 9.17) is 11.6 Å². The van der Waals surface area contributed by atoms with Gasteiger partial charge in [0.1, 0.15) is 11.5 Å². The van der Waals surface area contributed by atoms with Gasteiger partial charge in [0.05, 0.1) is 0 Å². The zero-order valence-corrected chi connectivity index (χ0v) is 13.2. The van der Waals surface area contributed by atoms with Gasteiger partial charge in [-0.3, -0.25) is 4.79 Å². The van der Waals surface area contributed by atoms with Gasteiger partial charge in [0, 0.05) is 42.9 Å². The second kappa shape index (κ2) is 6.04. The van der Waals surface area contributed by atoms with Gasteiger partial charge in [0.2, 0.25) is 0 Å². The molecule has 0 fully saturated rings. The van der Waals surface area contributed by atoms with Crippen LogP contribution in [0.3, 0.4) is 0 Å². The predicted molar refractivity (Wildman–Crippen MR) is 80.9 cm³/mol. The summed E-state index contributed by atoms with van der Waals surface area (Å²) in [4.78, 5) is 15.9. The molecule has 0 bridgehead atoms. The number of halogens is 3. The van der Waals surface area contributed by atoms with E-state index in [1.54, 1.807) is 10.6 Å². The number of benzene rings is 1. The van der Waals surface area contributed by atoms with E-state index in [1.165, 1.54) is 25.4 Å². The quantitative estimate of drug-likeness (QED) is 0.933. The van der Waals surface area contributed by atoms with Gasteiger partial charge in [0.15, 0.2) is 0 Å². The Morgan fingerprint density at radius 2 is 2.09 bits per heavy atom. The van der Waals surface area contributed by atoms with Crippen LogP contribution in [0.15, 0.2) is 24.4 Å². The maximum atomic E-state index is 13.6. The largest absolute Gasteiger partial charge is 0.354 e. The molecule has 1 aromatic heterocycles. The topological polar surface area (TPSA) is 46.9 Å². The van der Waals surface area contributed by atoms with Crippen molar-refractivity contribution in [1.29, 1.82) is 0 Å². The van der Waals surface area contributed by atoms with Crippen molar-refractivity contribution in [3.63, 3.8) is 0 Å². The molecule has 0 unspecified atom stereocenters. The van der Waals surface area contributed by atoms with Crippen LogP contribution in [0.1, 0.15) is 35.7 Å². The zero-order valence-electron chi connectivity index (χ0n) is 12.5. The Kier molecular flexibility index (Phi) is 4.51. The lowest BCUT2D eigenvalue weighted by Gasteiger charge is -2.14. The molecule has 118 valence electrons. The summed E-state index contributed by atoms with van der Waals surface area (Å²) in [6.45, 7) is 2.68. The van der Waals surface area contributed by atoms with Gasteiger partial charge >= 0.3 is 0 Å². The monoisotopic (exact) mass is 327 g/mol. The first-order chi connectivity index (χ1) is 10.3. The third kappa shape index (κ3) is 3.27. The van der Waals surface area contributed by atoms with E-state index in [0.29, 0.717) is 17.9 Å². The normalized spacial score (nSPS) is 11.5. The van der Waals surface area contributed by atoms with E-state index >= 15 is 0 Å². The van der Waals surface area contributed by atoms with Gasteiger partial charge in [-0.25, -0.2) is 13.8 Å². The molecule has 1 N–H and O–H groups in total. The summed E-state index contributed by atoms with van der Waals surface area (Å²) in [6, 6.07) is 4.14. The number of aryl methyl sites for hydroxylation is 1. The number of imidazole rings is 1. The van der Waals surface area contributed by atoms with Crippen molar-refractivity contribution in [3.05, 3.63) is 46.5 Å². The number of nitrogens with one attached hydrogen (secondary N) is 1. The van der Waals surface area contributed by atoms with Crippen molar-refractivity contribution in [1.82, 2.24) is 14.9 Å². The molecular weight excluding hydrogens is 312 g/mol. The van der Waals surface area contributed by atoms with Gasteiger partial charge in [0.25, 0.3) is 11.8 Å². The molecular formula is C15H16ClF2N3O. The number of nitrogens with zero attached hydrogens (tertiary/aromatic N) is 2. The van der Waals surface area contributed by atoms with Crippen LogP contribution in [0.2, 0.25) is 5.02 Å². The summed E-state index contributed by atoms with van der Waals surface area (Å²) < 4.78 is 28.7. The Morgan fingerprint density at radius 3 is 2.64 bits per heavy atom. The predicted octanol–water partition coefficient (Wildman–Crippen LogP) is 3.56. The first-order valence-corrected chi connectivity index (χ1v) is 7.13. The fourth-order valence-electron chi connectivity index (χ4n) is 2.10. The molecule has 1 aromatic carbocycles. The van der Waals surface area contributed by atoms with E-state index in [9.17, 15) is 13.6 Å². The van der Waals surface area contributed by atoms with Gasteiger partial charge in [-0.1, -0.05) is 18.5 Å². The highest BCUT2D eigenvalue weighted by atomic mass is 35.5. The Labute approximate surface area is 132 Å². The summed E-state index contributed by atoms with van der Waals surface area (Å²) in [5.41, 5.74) is 0.486. The van der Waals surface area contributed by atoms with Crippen LogP contribution in [-0.2, 0) is 12.3 Å². The molecule has 22 heavy (non-hydrogen) atoms. The fourth-order valence-corrected chi connectivity index (χ4v) is 2.33. The number of alkyl halides is 2. The molecule has 2 aromatic rings. The smallest absolute Gasteiger partial charge is 0.271 e. The highest BCUT2D eigenvalue weighted by Gasteiger charge is 2.26. The highest BCUT2D eigenvalue weighted by Crippen LogP contribution is 2.31. The summed E-state index contributed by atoms with van der Waals surface area (Å²) >= 11 is 5.95. The molecule has 1 amide bonds. The minimum atomic E-state index is -3.00. The molecule has 0 radical (unpaired) electrons. The number of carbonyl (C=O) groups is 1. The van der Waals surface area contributed by atoms with Crippen LogP contribution in [0.5, 0.6) is 0 Å². The summed E-state index contributed by atoms with van der Waals surface area (Å²) in [5.74, 6) is -2.75. The average Bonchev–Trinajstić information content (AvgIpc) is 2.89. The number of carbonyl (C=O) groups excluding carboxylic acids is 1. The first-order valence-electron chi connectivity index (χ1n) is 6.76. The third-order valence-corrected chi connectivity index (χ3v) is 3.44. The molecule has 0 aliphatic carbocycles. The van der Waals surface area contributed by atoms with Crippen molar-refractivity contribution >= 4 is 17.5 Å². The number of hydrogen-bond acceptors (Lipinski definition) is 2. The van der Waals surface area contributed by atoms with Gasteiger partial charge < -0.3 is 9.88 Å². The van der Waals surface area contributed by atoms with E-state index in [-0.39, 0.29) is 22.2 Å². The molecule has 2 rings (SSSR count). The van der Waals surface area contributed by atoms with Crippen LogP contribution in [0, 0.1) is 0 Å². The lowest BCUT2D eigenvalue weighted by Crippen LogP contribution is -2.18. The standard InChI is InChI=1S/C15H16ClF2N3O/c1-4-13-20-12(14(22)19-3)8-21(13)11-6-9(15(2,17)18)5-10(16)7-11/h5-8H,4H2,1-3H3,(H,19,22). The average molecular weight is 328 g/mol. The lowest BCUT2D eigenvalue weighted by molar-refractivity contribution is 0.0174. The number of aromatic nitrogens is 2. The van der Waals surface area contributed by atoms with Crippen LogP contribution in [-0.4, -0.2) is 22.5 Å². The van der Waals surface area contributed by atoms with Crippen LogP contribution < -0.4 is 5.32 Å². The molecule has 0 saturated carbocycles. The summed E-state index contributed by atoms with van der Waals surface area (Å²) in [6.07, 6.45) is 2.06. The summed E-state index contributed by atoms with van der Waals surface area (Å²) in [7, 11) is 1.50. The van der Waals surface area contributed by atoms with Crippen molar-refractivity contribution in [3.8, 4) is 5.69 Å². The number of amides is 1. The van der Waals surface area contributed by atoms with Crippen molar-refractivity contribution in [2.24, 2.45) is 0 Å². The molecule has 4 nitrogen and oxygen atoms in total. The van der Waals surface area contributed by atoms with Gasteiger partial charge in [-0.2, -0.15) is 0 Å². The summed E-state index contributed by atoms with van der Waals surface area (Å²) in [5, 5.41) is 2.68. The molecule has 7 heteroatoms. The van der Waals surface area contributed by atoms with Crippen molar-refractivity contribution < 1.29 is 13.6 Å². The maximum absolute atomic E-state index is 13.6. The third-order valence-electron chi connectivity index (χ3n) is 3.22. The van der Waals surface area contributed by atoms with E-state index in [2.05, 4.69) is 10.3 Å². The minimum absolute atomic E-state index is 0.188. The van der Waals surface area contributed by atoms with Gasteiger partial charge in [-0.15, -0.1) is 0 Å². The second-order valence-corrected chi connectivity index (χ2v) is 5.37. The Hall–Kier alpha value is -1.95. The molecule has 1 heterocycles.